The lowest BCUT2D eigenvalue weighted by atomic mass is 10.1. The highest BCUT2D eigenvalue weighted by molar-refractivity contribution is 5.42. The van der Waals surface area contributed by atoms with E-state index < -0.39 is 0 Å². The van der Waals surface area contributed by atoms with Gasteiger partial charge in [0.15, 0.2) is 18.9 Å². The monoisotopic (exact) mass is 265 g/mol. The van der Waals surface area contributed by atoms with Gasteiger partial charge in [-0.25, -0.2) is 4.57 Å². The molecule has 0 aliphatic rings. The van der Waals surface area contributed by atoms with Gasteiger partial charge in [-0.2, -0.15) is 0 Å². The topological polar surface area (TPSA) is 16.4 Å². The summed E-state index contributed by atoms with van der Waals surface area (Å²) in [6.07, 6.45) is 6.51. The molecule has 1 aromatic heterocycles. The largest absolute Gasteiger partial charge is 0.376 e. The number of nitrogens with zero attached hydrogens (tertiary/aromatic N) is 2. The van der Waals surface area contributed by atoms with Gasteiger partial charge < -0.3 is 9.64 Å². The van der Waals surface area contributed by atoms with Gasteiger partial charge in [0.05, 0.1) is 5.60 Å². The molecule has 0 amide bonds. The minimum atomic E-state index is -0.0422. The summed E-state index contributed by atoms with van der Waals surface area (Å²) >= 11 is 0. The van der Waals surface area contributed by atoms with E-state index in [1.807, 2.05) is 6.92 Å². The van der Waals surface area contributed by atoms with E-state index in [0.29, 0.717) is 0 Å². The second kappa shape index (κ2) is 7.49. The Morgan fingerprint density at radius 1 is 1.21 bits per heavy atom. The molecule has 3 nitrogen and oxygen atoms in total. The molecule has 0 fully saturated rings. The summed E-state index contributed by atoms with van der Waals surface area (Å²) in [5.41, 5.74) is 1.24. The molecule has 0 saturated carbocycles. The molecule has 0 aromatic carbocycles. The maximum absolute atomic E-state index is 5.72. The molecule has 1 heterocycles. The second-order valence-corrected chi connectivity index (χ2v) is 5.66. The SMILES string of the molecule is CCCN(C)c1cc[n+](CCC(C)(C)OCC)cc1. The Bertz CT molecular complexity index is 360. The van der Waals surface area contributed by atoms with E-state index in [9.17, 15) is 0 Å². The number of rotatable bonds is 8. The van der Waals surface area contributed by atoms with Crippen molar-refractivity contribution in [1.29, 1.82) is 0 Å². The van der Waals surface area contributed by atoms with Crippen LogP contribution in [0.15, 0.2) is 24.5 Å². The Morgan fingerprint density at radius 3 is 2.37 bits per heavy atom. The van der Waals surface area contributed by atoms with Crippen LogP contribution in [-0.4, -0.2) is 25.8 Å². The summed E-state index contributed by atoms with van der Waals surface area (Å²) in [5.74, 6) is 0. The Hall–Kier alpha value is -1.09. The second-order valence-electron chi connectivity index (χ2n) is 5.66. The minimum absolute atomic E-state index is 0.0422. The molecule has 108 valence electrons. The fourth-order valence-corrected chi connectivity index (χ4v) is 2.18. The van der Waals surface area contributed by atoms with Crippen molar-refractivity contribution in [2.75, 3.05) is 25.1 Å². The molecule has 19 heavy (non-hydrogen) atoms. The van der Waals surface area contributed by atoms with Gasteiger partial charge in [-0.15, -0.1) is 0 Å². The van der Waals surface area contributed by atoms with Crippen molar-refractivity contribution < 1.29 is 9.30 Å². The number of hydrogen-bond acceptors (Lipinski definition) is 2. The average molecular weight is 265 g/mol. The number of anilines is 1. The van der Waals surface area contributed by atoms with Gasteiger partial charge >= 0.3 is 0 Å². The summed E-state index contributed by atoms with van der Waals surface area (Å²) in [4.78, 5) is 2.29. The molecule has 0 saturated heterocycles. The zero-order valence-corrected chi connectivity index (χ0v) is 13.1. The lowest BCUT2D eigenvalue weighted by Crippen LogP contribution is -2.38. The maximum atomic E-state index is 5.72. The average Bonchev–Trinajstić information content (AvgIpc) is 2.37. The molecule has 1 rings (SSSR count). The zero-order valence-electron chi connectivity index (χ0n) is 13.1. The van der Waals surface area contributed by atoms with Gasteiger partial charge in [0.2, 0.25) is 0 Å². The Morgan fingerprint density at radius 2 is 1.84 bits per heavy atom. The maximum Gasteiger partial charge on any atom is 0.170 e. The molecule has 0 aliphatic carbocycles. The summed E-state index contributed by atoms with van der Waals surface area (Å²) in [5, 5.41) is 0. The lowest BCUT2D eigenvalue weighted by Gasteiger charge is -2.23. The molecule has 0 unspecified atom stereocenters. The van der Waals surface area contributed by atoms with Crippen molar-refractivity contribution in [3.8, 4) is 0 Å². The van der Waals surface area contributed by atoms with Crippen molar-refractivity contribution in [2.24, 2.45) is 0 Å². The normalized spacial score (nSPS) is 11.6. The van der Waals surface area contributed by atoms with Crippen molar-refractivity contribution in [2.45, 2.75) is 52.7 Å². The van der Waals surface area contributed by atoms with Crippen LogP contribution in [0.2, 0.25) is 0 Å². The van der Waals surface area contributed by atoms with E-state index in [-0.39, 0.29) is 5.60 Å². The standard InChI is InChI=1S/C16H29N2O/c1-6-11-17(5)15-8-12-18(13-9-15)14-10-16(3,4)19-7-2/h8-9,12-13H,6-7,10-11,14H2,1-5H3/q+1. The van der Waals surface area contributed by atoms with Gasteiger partial charge in [0.1, 0.15) is 0 Å². The lowest BCUT2D eigenvalue weighted by molar-refractivity contribution is -0.698. The first-order chi connectivity index (χ1) is 8.98. The van der Waals surface area contributed by atoms with Crippen LogP contribution in [0.4, 0.5) is 5.69 Å². The van der Waals surface area contributed by atoms with Crippen LogP contribution in [0.25, 0.3) is 0 Å². The number of aryl methyl sites for hydroxylation is 1. The smallest absolute Gasteiger partial charge is 0.170 e. The molecule has 0 radical (unpaired) electrons. The van der Waals surface area contributed by atoms with E-state index >= 15 is 0 Å². The van der Waals surface area contributed by atoms with Crippen LogP contribution in [0.3, 0.4) is 0 Å². The third-order valence-corrected chi connectivity index (χ3v) is 3.38. The third-order valence-electron chi connectivity index (χ3n) is 3.38. The summed E-state index contributed by atoms with van der Waals surface area (Å²) in [7, 11) is 2.14. The van der Waals surface area contributed by atoms with Crippen LogP contribution >= 0.6 is 0 Å². The molecule has 0 N–H and O–H groups in total. The molecule has 3 heteroatoms. The van der Waals surface area contributed by atoms with Crippen molar-refractivity contribution in [3.05, 3.63) is 24.5 Å². The Kier molecular flexibility index (Phi) is 6.29. The molecule has 0 aliphatic heterocycles. The first-order valence-electron chi connectivity index (χ1n) is 7.32. The Labute approximate surface area is 118 Å². The number of aromatic nitrogens is 1. The fourth-order valence-electron chi connectivity index (χ4n) is 2.18. The predicted molar refractivity (Wildman–Crippen MR) is 80.5 cm³/mol. The van der Waals surface area contributed by atoms with Gasteiger partial charge in [0, 0.05) is 44.4 Å². The molecule has 0 spiro atoms. The third kappa shape index (κ3) is 5.60. The van der Waals surface area contributed by atoms with E-state index in [1.165, 1.54) is 12.1 Å². The van der Waals surface area contributed by atoms with Crippen LogP contribution in [0.5, 0.6) is 0 Å². The van der Waals surface area contributed by atoms with E-state index in [1.54, 1.807) is 0 Å². The van der Waals surface area contributed by atoms with Gasteiger partial charge in [-0.1, -0.05) is 6.92 Å². The van der Waals surface area contributed by atoms with Crippen molar-refractivity contribution in [3.63, 3.8) is 0 Å². The van der Waals surface area contributed by atoms with Crippen LogP contribution < -0.4 is 9.47 Å². The summed E-state index contributed by atoms with van der Waals surface area (Å²) in [6.45, 7) is 11.4. The van der Waals surface area contributed by atoms with E-state index in [0.717, 1.165) is 26.1 Å². The van der Waals surface area contributed by atoms with E-state index in [4.69, 9.17) is 4.74 Å². The predicted octanol–water partition coefficient (Wildman–Crippen LogP) is 3.03. The summed E-state index contributed by atoms with van der Waals surface area (Å²) < 4.78 is 7.95. The van der Waals surface area contributed by atoms with Crippen molar-refractivity contribution >= 4 is 5.69 Å². The first-order valence-corrected chi connectivity index (χ1v) is 7.32. The van der Waals surface area contributed by atoms with Crippen LogP contribution in [0, 0.1) is 0 Å². The summed E-state index contributed by atoms with van der Waals surface area (Å²) in [6, 6.07) is 4.37. The highest BCUT2D eigenvalue weighted by atomic mass is 16.5. The molecule has 0 atom stereocenters. The fraction of sp³-hybridized carbons (Fsp3) is 0.688. The van der Waals surface area contributed by atoms with E-state index in [2.05, 4.69) is 61.8 Å². The van der Waals surface area contributed by atoms with Crippen LogP contribution in [0.1, 0.15) is 40.5 Å². The first kappa shape index (κ1) is 16.0. The van der Waals surface area contributed by atoms with Gasteiger partial charge in [-0.05, 0) is 27.2 Å². The number of ether oxygens (including phenoxy) is 1. The number of pyridine rings is 1. The highest BCUT2D eigenvalue weighted by Gasteiger charge is 2.19. The van der Waals surface area contributed by atoms with Crippen LogP contribution in [-0.2, 0) is 11.3 Å². The van der Waals surface area contributed by atoms with Gasteiger partial charge in [-0.3, -0.25) is 0 Å². The van der Waals surface area contributed by atoms with Crippen molar-refractivity contribution in [1.82, 2.24) is 0 Å². The quantitative estimate of drug-likeness (QED) is 0.672. The minimum Gasteiger partial charge on any atom is -0.376 e. The molecule has 0 bridgehead atoms. The molecule has 1 aromatic rings. The zero-order chi connectivity index (χ0) is 14.3. The molecular weight excluding hydrogens is 236 g/mol. The Balaban J connectivity index is 2.53. The van der Waals surface area contributed by atoms with Gasteiger partial charge in [0.25, 0.3) is 0 Å². The molecular formula is C16H29N2O+. The highest BCUT2D eigenvalue weighted by Crippen LogP contribution is 2.14. The number of hydrogen-bond donors (Lipinski definition) is 0.